The maximum absolute atomic E-state index is 2.58. The summed E-state index contributed by atoms with van der Waals surface area (Å²) in [5.41, 5.74) is 23.9. The van der Waals surface area contributed by atoms with Crippen molar-refractivity contribution in [2.45, 2.75) is 97.8 Å². The van der Waals surface area contributed by atoms with E-state index in [0.29, 0.717) is 0 Å². The highest BCUT2D eigenvalue weighted by molar-refractivity contribution is 7.00. The van der Waals surface area contributed by atoms with Gasteiger partial charge < -0.3 is 14.7 Å². The van der Waals surface area contributed by atoms with Gasteiger partial charge in [-0.05, 0) is 150 Å². The van der Waals surface area contributed by atoms with Crippen LogP contribution in [0.2, 0.25) is 0 Å². The molecule has 0 bridgehead atoms. The van der Waals surface area contributed by atoms with Gasteiger partial charge in [-0.25, -0.2) is 0 Å². The molecule has 3 aliphatic rings. The van der Waals surface area contributed by atoms with Gasteiger partial charge in [0.15, 0.2) is 0 Å². The molecule has 0 N–H and O–H groups in total. The maximum atomic E-state index is 2.58. The lowest BCUT2D eigenvalue weighted by molar-refractivity contribution is 0.590. The number of hydrogen-bond acceptors (Lipinski definition) is 3. The molecule has 0 fully saturated rings. The van der Waals surface area contributed by atoms with E-state index in [1.807, 2.05) is 0 Å². The van der Waals surface area contributed by atoms with Crippen LogP contribution in [0.1, 0.15) is 104 Å². The molecular formula is C63H62BN3. The van der Waals surface area contributed by atoms with Crippen LogP contribution in [-0.4, -0.2) is 6.71 Å². The van der Waals surface area contributed by atoms with Crippen LogP contribution in [0, 0.1) is 0 Å². The minimum absolute atomic E-state index is 0.000246. The predicted molar refractivity (Wildman–Crippen MR) is 289 cm³/mol. The Hall–Kier alpha value is -6.78. The SMILES string of the molecule is CC(C)(C)c1ccc(N(c2ccccc2)c2ccc3c(c2)N(c2ccc4c(c2)C(C)(C)c2ccccc2-4)c2cccc4c2B3c2cc(C(C)(C)C)ccc2N4c2ccc(C(C)(C)C)cc2)cc1. The second-order valence-electron chi connectivity index (χ2n) is 22.7. The van der Waals surface area contributed by atoms with E-state index < -0.39 is 0 Å². The fraction of sp³-hybridized carbons (Fsp3) is 0.238. The summed E-state index contributed by atoms with van der Waals surface area (Å²) in [4.78, 5) is 7.54. The molecule has 11 rings (SSSR count). The number of benzene rings is 8. The Bertz CT molecular complexity index is 3210. The Labute approximate surface area is 399 Å². The van der Waals surface area contributed by atoms with E-state index in [1.54, 1.807) is 0 Å². The second-order valence-corrected chi connectivity index (χ2v) is 22.7. The van der Waals surface area contributed by atoms with Crippen LogP contribution in [0.25, 0.3) is 11.1 Å². The lowest BCUT2D eigenvalue weighted by Gasteiger charge is -2.45. The number of hydrogen-bond donors (Lipinski definition) is 0. The molecule has 0 radical (unpaired) electrons. The molecule has 0 spiro atoms. The Morgan fingerprint density at radius 1 is 0.388 bits per heavy atom. The minimum atomic E-state index is -0.150. The van der Waals surface area contributed by atoms with Crippen LogP contribution >= 0.6 is 0 Å². The first-order valence-corrected chi connectivity index (χ1v) is 24.2. The highest BCUT2D eigenvalue weighted by Gasteiger charge is 2.45. The summed E-state index contributed by atoms with van der Waals surface area (Å²) >= 11 is 0. The zero-order chi connectivity index (χ0) is 46.8. The predicted octanol–water partition coefficient (Wildman–Crippen LogP) is 15.4. The number of anilines is 9. The first kappa shape index (κ1) is 42.8. The Kier molecular flexibility index (Phi) is 9.67. The van der Waals surface area contributed by atoms with E-state index >= 15 is 0 Å². The van der Waals surface area contributed by atoms with Crippen LogP contribution < -0.4 is 31.1 Å². The van der Waals surface area contributed by atoms with E-state index in [0.717, 1.165) is 17.1 Å². The first-order chi connectivity index (χ1) is 31.9. The third-order valence-electron chi connectivity index (χ3n) is 14.9. The van der Waals surface area contributed by atoms with E-state index in [1.165, 1.54) is 89.5 Å². The number of para-hydroxylation sites is 1. The summed E-state index contributed by atoms with van der Waals surface area (Å²) in [6, 6.07) is 67.1. The Balaban J connectivity index is 1.18. The van der Waals surface area contributed by atoms with Crippen LogP contribution in [-0.2, 0) is 21.7 Å². The zero-order valence-corrected chi connectivity index (χ0v) is 41.2. The summed E-state index contributed by atoms with van der Waals surface area (Å²) in [6.07, 6.45) is 0. The molecule has 0 unspecified atom stereocenters. The van der Waals surface area contributed by atoms with Gasteiger partial charge in [-0.3, -0.25) is 0 Å². The fourth-order valence-electron chi connectivity index (χ4n) is 11.2. The van der Waals surface area contributed by atoms with E-state index in [9.17, 15) is 0 Å². The van der Waals surface area contributed by atoms with Gasteiger partial charge in [0.2, 0.25) is 0 Å². The smallest absolute Gasteiger partial charge is 0.252 e. The summed E-state index contributed by atoms with van der Waals surface area (Å²) in [5, 5.41) is 0. The molecular weight excluding hydrogens is 810 g/mol. The molecule has 8 aromatic carbocycles. The van der Waals surface area contributed by atoms with Crippen molar-refractivity contribution in [2.24, 2.45) is 0 Å². The summed E-state index contributed by atoms with van der Waals surface area (Å²) in [6.45, 7) is 25.5. The maximum Gasteiger partial charge on any atom is 0.252 e. The van der Waals surface area contributed by atoms with Crippen molar-refractivity contribution in [1.82, 2.24) is 0 Å². The van der Waals surface area contributed by atoms with Gasteiger partial charge >= 0.3 is 0 Å². The molecule has 67 heavy (non-hydrogen) atoms. The van der Waals surface area contributed by atoms with E-state index in [-0.39, 0.29) is 28.4 Å². The highest BCUT2D eigenvalue weighted by Crippen LogP contribution is 2.52. The number of fused-ring (bicyclic) bond motifs is 7. The van der Waals surface area contributed by atoms with Gasteiger partial charge in [-0.1, -0.05) is 173 Å². The molecule has 0 aromatic heterocycles. The van der Waals surface area contributed by atoms with Gasteiger partial charge in [-0.15, -0.1) is 0 Å². The fourth-order valence-corrected chi connectivity index (χ4v) is 11.2. The van der Waals surface area contributed by atoms with Gasteiger partial charge in [0.1, 0.15) is 0 Å². The monoisotopic (exact) mass is 872 g/mol. The third-order valence-corrected chi connectivity index (χ3v) is 14.9. The molecule has 0 atom stereocenters. The van der Waals surface area contributed by atoms with Crippen molar-refractivity contribution in [3.8, 4) is 11.1 Å². The molecule has 332 valence electrons. The quantitative estimate of drug-likeness (QED) is 0.160. The first-order valence-electron chi connectivity index (χ1n) is 24.2. The molecule has 3 nitrogen and oxygen atoms in total. The highest BCUT2D eigenvalue weighted by atomic mass is 15.2. The molecule has 0 saturated carbocycles. The zero-order valence-electron chi connectivity index (χ0n) is 41.2. The number of rotatable bonds is 5. The lowest BCUT2D eigenvalue weighted by atomic mass is 9.33. The van der Waals surface area contributed by atoms with Crippen molar-refractivity contribution >= 4 is 74.3 Å². The van der Waals surface area contributed by atoms with Crippen molar-refractivity contribution in [3.05, 3.63) is 204 Å². The molecule has 2 heterocycles. The summed E-state index contributed by atoms with van der Waals surface area (Å²) in [5.74, 6) is 0. The largest absolute Gasteiger partial charge is 0.311 e. The minimum Gasteiger partial charge on any atom is -0.311 e. The lowest BCUT2D eigenvalue weighted by Crippen LogP contribution is -2.61. The van der Waals surface area contributed by atoms with Crippen LogP contribution in [0.15, 0.2) is 176 Å². The third kappa shape index (κ3) is 6.94. The molecule has 8 aromatic rings. The van der Waals surface area contributed by atoms with Crippen molar-refractivity contribution in [3.63, 3.8) is 0 Å². The van der Waals surface area contributed by atoms with Crippen LogP contribution in [0.5, 0.6) is 0 Å². The summed E-state index contributed by atoms with van der Waals surface area (Å²) < 4.78 is 0. The van der Waals surface area contributed by atoms with Gasteiger partial charge in [0.05, 0.1) is 0 Å². The van der Waals surface area contributed by atoms with Crippen molar-refractivity contribution in [1.29, 1.82) is 0 Å². The van der Waals surface area contributed by atoms with Gasteiger partial charge in [0.25, 0.3) is 6.71 Å². The van der Waals surface area contributed by atoms with Crippen molar-refractivity contribution in [2.75, 3.05) is 14.7 Å². The molecule has 0 saturated heterocycles. The standard InChI is InChI=1S/C63H62BN3/c1-60(2,3)41-24-29-45(30-25-41)65(44-18-13-12-14-19-44)48-34-36-53-58(40-48)67(47-33-35-50-49-20-15-16-21-51(49)63(10,11)52(50)39-47)57-23-17-22-56-59(57)64(53)54-38-43(62(7,8)9)28-37-55(54)66(56)46-31-26-42(27-32-46)61(4,5)6/h12-40H,1-11H3. The second kappa shape index (κ2) is 15.1. The molecule has 0 amide bonds. The normalized spacial score (nSPS) is 14.5. The van der Waals surface area contributed by atoms with Gasteiger partial charge in [0, 0.05) is 56.6 Å². The van der Waals surface area contributed by atoms with Crippen LogP contribution in [0.4, 0.5) is 51.2 Å². The number of nitrogens with zero attached hydrogens (tertiary/aromatic N) is 3. The van der Waals surface area contributed by atoms with Crippen LogP contribution in [0.3, 0.4) is 0 Å². The Morgan fingerprint density at radius 3 is 1.58 bits per heavy atom. The summed E-state index contributed by atoms with van der Waals surface area (Å²) in [7, 11) is 0. The van der Waals surface area contributed by atoms with E-state index in [2.05, 4.69) is 267 Å². The molecule has 4 heteroatoms. The molecule has 2 aliphatic heterocycles. The average molecular weight is 872 g/mol. The topological polar surface area (TPSA) is 9.72 Å². The molecule has 1 aliphatic carbocycles. The Morgan fingerprint density at radius 2 is 0.925 bits per heavy atom. The van der Waals surface area contributed by atoms with Crippen molar-refractivity contribution < 1.29 is 0 Å². The van der Waals surface area contributed by atoms with Gasteiger partial charge in [-0.2, -0.15) is 0 Å². The average Bonchev–Trinajstić information content (AvgIpc) is 3.53. The van der Waals surface area contributed by atoms with E-state index in [4.69, 9.17) is 0 Å².